The Balaban J connectivity index is 3.38. The molecule has 0 saturated carbocycles. The Morgan fingerprint density at radius 3 is 2.26 bits per heavy atom. The summed E-state index contributed by atoms with van der Waals surface area (Å²) in [7, 11) is 0. The van der Waals surface area contributed by atoms with Gasteiger partial charge in [0, 0.05) is 0 Å². The summed E-state index contributed by atoms with van der Waals surface area (Å²) >= 11 is 0. The zero-order valence-corrected chi connectivity index (χ0v) is 12.7. The van der Waals surface area contributed by atoms with E-state index in [4.69, 9.17) is 4.74 Å². The van der Waals surface area contributed by atoms with Gasteiger partial charge < -0.3 is 4.74 Å². The van der Waals surface area contributed by atoms with E-state index >= 15 is 0 Å². The quantitative estimate of drug-likeness (QED) is 0.201. The summed E-state index contributed by atoms with van der Waals surface area (Å²) in [4.78, 5) is 11.3. The first kappa shape index (κ1) is 17.9. The first-order chi connectivity index (χ1) is 9.31. The van der Waals surface area contributed by atoms with Crippen molar-refractivity contribution in [3.63, 3.8) is 0 Å². The fourth-order valence-electron chi connectivity index (χ4n) is 1.73. The van der Waals surface area contributed by atoms with Gasteiger partial charge in [-0.15, -0.1) is 0 Å². The number of rotatable bonds is 12. The lowest BCUT2D eigenvalue weighted by Crippen LogP contribution is -1.96. The first-order valence-electron chi connectivity index (χ1n) is 7.80. The second-order valence-electron chi connectivity index (χ2n) is 4.88. The van der Waals surface area contributed by atoms with Gasteiger partial charge in [0.1, 0.15) is 0 Å². The Morgan fingerprint density at radius 1 is 0.842 bits per heavy atom. The highest BCUT2D eigenvalue weighted by atomic mass is 16.5. The van der Waals surface area contributed by atoms with Crippen LogP contribution in [0.15, 0.2) is 24.5 Å². The monoisotopic (exact) mass is 266 g/mol. The van der Waals surface area contributed by atoms with Gasteiger partial charge >= 0.3 is 5.97 Å². The molecule has 0 aliphatic heterocycles. The molecule has 0 saturated heterocycles. The summed E-state index contributed by atoms with van der Waals surface area (Å²) in [6.07, 6.45) is 18.7. The number of esters is 1. The normalized spacial score (nSPS) is 11.5. The van der Waals surface area contributed by atoms with Crippen LogP contribution in [0.1, 0.15) is 78.1 Å². The van der Waals surface area contributed by atoms with Crippen molar-refractivity contribution < 1.29 is 9.53 Å². The molecule has 110 valence electrons. The molecule has 0 unspecified atom stereocenters. The highest BCUT2D eigenvalue weighted by Crippen LogP contribution is 2.05. The van der Waals surface area contributed by atoms with Gasteiger partial charge in [0.25, 0.3) is 0 Å². The lowest BCUT2D eigenvalue weighted by Gasteiger charge is -1.97. The average molecular weight is 266 g/mol. The van der Waals surface area contributed by atoms with E-state index in [1.807, 2.05) is 12.2 Å². The zero-order valence-electron chi connectivity index (χ0n) is 12.7. The van der Waals surface area contributed by atoms with Crippen LogP contribution in [0.2, 0.25) is 0 Å². The van der Waals surface area contributed by atoms with Gasteiger partial charge in [0.2, 0.25) is 0 Å². The molecule has 0 aromatic carbocycles. The van der Waals surface area contributed by atoms with Crippen molar-refractivity contribution in [2.75, 3.05) is 0 Å². The van der Waals surface area contributed by atoms with Crippen LogP contribution in [0.4, 0.5) is 0 Å². The minimum Gasteiger partial charge on any atom is -0.435 e. The summed E-state index contributed by atoms with van der Waals surface area (Å²) in [6.45, 7) is 4.37. The molecule has 2 nitrogen and oxygen atoms in total. The van der Waals surface area contributed by atoms with E-state index in [2.05, 4.69) is 19.9 Å². The zero-order chi connectivity index (χ0) is 14.2. The number of ether oxygens (including phenoxy) is 1. The fraction of sp³-hybridized carbons (Fsp3) is 0.706. The number of carbonyl (C=O) groups excluding carboxylic acids is 1. The van der Waals surface area contributed by atoms with Gasteiger partial charge in [0.15, 0.2) is 0 Å². The third kappa shape index (κ3) is 14.9. The number of allylic oxidation sites excluding steroid dienone is 2. The van der Waals surface area contributed by atoms with Crippen molar-refractivity contribution in [2.45, 2.75) is 78.1 Å². The van der Waals surface area contributed by atoms with E-state index in [1.54, 1.807) is 0 Å². The lowest BCUT2D eigenvalue weighted by atomic mass is 10.1. The Kier molecular flexibility index (Phi) is 14.2. The predicted molar refractivity (Wildman–Crippen MR) is 81.9 cm³/mol. The topological polar surface area (TPSA) is 26.3 Å². The number of carbonyl (C=O) groups is 1. The minimum absolute atomic E-state index is 0.171. The molecular weight excluding hydrogens is 236 g/mol. The van der Waals surface area contributed by atoms with Crippen molar-refractivity contribution in [3.8, 4) is 0 Å². The first-order valence-corrected chi connectivity index (χ1v) is 7.80. The standard InChI is InChI=1S/C17H30O2/c1-3-5-7-9-10-11-12-13-15-17(18)19-16-14-8-6-4-2/h12-14,16H,3-11,15H2,1-2H3/b13-12+,16-14+. The van der Waals surface area contributed by atoms with Crippen LogP contribution < -0.4 is 0 Å². The molecule has 0 heterocycles. The molecule has 0 aromatic heterocycles. The van der Waals surface area contributed by atoms with Gasteiger partial charge in [-0.25, -0.2) is 0 Å². The van der Waals surface area contributed by atoms with E-state index in [0.717, 1.165) is 19.3 Å². The molecule has 0 aliphatic rings. The van der Waals surface area contributed by atoms with Crippen LogP contribution in [-0.4, -0.2) is 5.97 Å². The third-order valence-electron chi connectivity index (χ3n) is 2.95. The van der Waals surface area contributed by atoms with Crippen molar-refractivity contribution in [2.24, 2.45) is 0 Å². The largest absolute Gasteiger partial charge is 0.435 e. The number of hydrogen-bond donors (Lipinski definition) is 0. The molecule has 0 aliphatic carbocycles. The smallest absolute Gasteiger partial charge is 0.314 e. The molecule has 0 atom stereocenters. The number of unbranched alkanes of at least 4 members (excludes halogenated alkanes) is 7. The van der Waals surface area contributed by atoms with Gasteiger partial charge in [0.05, 0.1) is 12.7 Å². The molecule has 0 bridgehead atoms. The van der Waals surface area contributed by atoms with Crippen LogP contribution in [0.3, 0.4) is 0 Å². The molecular formula is C17H30O2. The molecule has 2 heteroatoms. The SMILES string of the molecule is CCCC/C=C/OC(=O)C/C=C/CCCCCCC. The highest BCUT2D eigenvalue weighted by Gasteiger charge is 1.95. The van der Waals surface area contributed by atoms with Crippen molar-refractivity contribution >= 4 is 5.97 Å². The van der Waals surface area contributed by atoms with Gasteiger partial charge in [-0.1, -0.05) is 58.1 Å². The van der Waals surface area contributed by atoms with E-state index < -0.39 is 0 Å². The van der Waals surface area contributed by atoms with Crippen LogP contribution in [0, 0.1) is 0 Å². The minimum atomic E-state index is -0.171. The van der Waals surface area contributed by atoms with Crippen LogP contribution in [0.25, 0.3) is 0 Å². The van der Waals surface area contributed by atoms with Crippen LogP contribution in [-0.2, 0) is 9.53 Å². The van der Waals surface area contributed by atoms with Gasteiger partial charge in [-0.2, -0.15) is 0 Å². The summed E-state index contributed by atoms with van der Waals surface area (Å²) in [5.41, 5.74) is 0. The van der Waals surface area contributed by atoms with E-state index in [1.165, 1.54) is 44.8 Å². The Bertz CT molecular complexity index is 254. The Morgan fingerprint density at radius 2 is 1.53 bits per heavy atom. The molecule has 0 N–H and O–H groups in total. The fourth-order valence-corrected chi connectivity index (χ4v) is 1.73. The maximum Gasteiger partial charge on any atom is 0.314 e. The maximum absolute atomic E-state index is 11.3. The molecule has 0 spiro atoms. The molecule has 0 rings (SSSR count). The van der Waals surface area contributed by atoms with Gasteiger partial charge in [-0.05, 0) is 31.8 Å². The molecule has 0 amide bonds. The summed E-state index contributed by atoms with van der Waals surface area (Å²) < 4.78 is 4.98. The van der Waals surface area contributed by atoms with Crippen LogP contribution >= 0.6 is 0 Å². The second kappa shape index (κ2) is 15.0. The highest BCUT2D eigenvalue weighted by molar-refractivity contribution is 5.71. The lowest BCUT2D eigenvalue weighted by molar-refractivity contribution is -0.137. The van der Waals surface area contributed by atoms with Crippen molar-refractivity contribution in [1.82, 2.24) is 0 Å². The van der Waals surface area contributed by atoms with Crippen molar-refractivity contribution in [1.29, 1.82) is 0 Å². The van der Waals surface area contributed by atoms with E-state index in [-0.39, 0.29) is 5.97 Å². The summed E-state index contributed by atoms with van der Waals surface area (Å²) in [6, 6.07) is 0. The molecule has 0 aromatic rings. The molecule has 19 heavy (non-hydrogen) atoms. The molecule has 0 fully saturated rings. The van der Waals surface area contributed by atoms with E-state index in [9.17, 15) is 4.79 Å². The van der Waals surface area contributed by atoms with Crippen LogP contribution in [0.5, 0.6) is 0 Å². The maximum atomic E-state index is 11.3. The third-order valence-corrected chi connectivity index (χ3v) is 2.95. The van der Waals surface area contributed by atoms with E-state index in [0.29, 0.717) is 6.42 Å². The van der Waals surface area contributed by atoms with Crippen molar-refractivity contribution in [3.05, 3.63) is 24.5 Å². The molecule has 0 radical (unpaired) electrons. The average Bonchev–Trinajstić information content (AvgIpc) is 2.41. The predicted octanol–water partition coefficient (Wildman–Crippen LogP) is 5.54. The Labute approximate surface area is 118 Å². The Hall–Kier alpha value is -1.05. The van der Waals surface area contributed by atoms with Gasteiger partial charge in [-0.3, -0.25) is 4.79 Å². The summed E-state index contributed by atoms with van der Waals surface area (Å²) in [5.74, 6) is -0.171. The second-order valence-corrected chi connectivity index (χ2v) is 4.88. The summed E-state index contributed by atoms with van der Waals surface area (Å²) in [5, 5.41) is 0. The number of hydrogen-bond acceptors (Lipinski definition) is 2.